The molecular formula is C24H29ClN2O5. The summed E-state index contributed by atoms with van der Waals surface area (Å²) in [6, 6.07) is 16.7. The predicted molar refractivity (Wildman–Crippen MR) is 127 cm³/mol. The monoisotopic (exact) mass is 460 g/mol. The molecule has 1 aromatic heterocycles. The first kappa shape index (κ1) is 25.3. The van der Waals surface area contributed by atoms with Gasteiger partial charge in [0.1, 0.15) is 29.6 Å². The summed E-state index contributed by atoms with van der Waals surface area (Å²) in [6.45, 7) is 4.11. The number of hydrogen-bond acceptors (Lipinski definition) is 6. The number of benzene rings is 2. The number of ether oxygens (including phenoxy) is 3. The third-order valence-electron chi connectivity index (χ3n) is 4.20. The Kier molecular flexibility index (Phi) is 11.2. The summed E-state index contributed by atoms with van der Waals surface area (Å²) in [7, 11) is 1.56. The fourth-order valence-corrected chi connectivity index (χ4v) is 2.76. The zero-order valence-corrected chi connectivity index (χ0v) is 19.1. The van der Waals surface area contributed by atoms with Crippen molar-refractivity contribution in [2.24, 2.45) is 5.73 Å². The van der Waals surface area contributed by atoms with Gasteiger partial charge in [-0.05, 0) is 56.3 Å². The minimum atomic E-state index is 0.429. The highest BCUT2D eigenvalue weighted by Crippen LogP contribution is 2.26. The SMILES string of the molecule is COc1cc(NC=O)cc(OCCOCCCN)c1.Cc1ccc(-c2ccc(Cl)cc2)o1. The summed E-state index contributed by atoms with van der Waals surface area (Å²) in [5.41, 5.74) is 7.02. The van der Waals surface area contributed by atoms with Crippen LogP contribution in [0.25, 0.3) is 11.3 Å². The van der Waals surface area contributed by atoms with Crippen LogP contribution in [-0.4, -0.2) is 39.9 Å². The van der Waals surface area contributed by atoms with E-state index in [0.29, 0.717) is 50.0 Å². The molecule has 0 saturated heterocycles. The van der Waals surface area contributed by atoms with E-state index in [0.717, 1.165) is 28.5 Å². The van der Waals surface area contributed by atoms with Crippen LogP contribution in [0, 0.1) is 6.92 Å². The Morgan fingerprint density at radius 2 is 1.78 bits per heavy atom. The van der Waals surface area contributed by atoms with Crippen molar-refractivity contribution >= 4 is 23.7 Å². The number of methoxy groups -OCH3 is 1. The Morgan fingerprint density at radius 1 is 1.03 bits per heavy atom. The number of hydrogen-bond donors (Lipinski definition) is 2. The molecule has 0 aliphatic rings. The van der Waals surface area contributed by atoms with Crippen molar-refractivity contribution in [2.75, 3.05) is 38.8 Å². The average molecular weight is 461 g/mol. The van der Waals surface area contributed by atoms with Crippen molar-refractivity contribution in [3.63, 3.8) is 0 Å². The third kappa shape index (κ3) is 9.01. The Bertz CT molecular complexity index is 944. The van der Waals surface area contributed by atoms with Crippen LogP contribution < -0.4 is 20.5 Å². The van der Waals surface area contributed by atoms with E-state index in [1.54, 1.807) is 25.3 Å². The molecule has 1 amide bonds. The molecule has 7 nitrogen and oxygen atoms in total. The summed E-state index contributed by atoms with van der Waals surface area (Å²) < 4.78 is 21.4. The van der Waals surface area contributed by atoms with Gasteiger partial charge >= 0.3 is 0 Å². The van der Waals surface area contributed by atoms with Gasteiger partial charge in [-0.3, -0.25) is 4.79 Å². The van der Waals surface area contributed by atoms with Gasteiger partial charge in [0.2, 0.25) is 6.41 Å². The van der Waals surface area contributed by atoms with Gasteiger partial charge in [0.15, 0.2) is 0 Å². The van der Waals surface area contributed by atoms with E-state index >= 15 is 0 Å². The van der Waals surface area contributed by atoms with Gasteiger partial charge in [-0.15, -0.1) is 0 Å². The number of amides is 1. The first-order valence-corrected chi connectivity index (χ1v) is 10.6. The molecule has 3 N–H and O–H groups in total. The van der Waals surface area contributed by atoms with Gasteiger partial charge in [0.25, 0.3) is 0 Å². The van der Waals surface area contributed by atoms with Crippen LogP contribution >= 0.6 is 11.6 Å². The van der Waals surface area contributed by atoms with Crippen LogP contribution in [0.3, 0.4) is 0 Å². The lowest BCUT2D eigenvalue weighted by molar-refractivity contribution is -0.105. The molecule has 0 radical (unpaired) electrons. The summed E-state index contributed by atoms with van der Waals surface area (Å²) in [5.74, 6) is 3.04. The van der Waals surface area contributed by atoms with Crippen molar-refractivity contribution in [3.05, 3.63) is 65.4 Å². The lowest BCUT2D eigenvalue weighted by atomic mass is 10.2. The molecule has 0 saturated carbocycles. The molecule has 0 unspecified atom stereocenters. The van der Waals surface area contributed by atoms with Crippen molar-refractivity contribution in [3.8, 4) is 22.8 Å². The molecule has 0 atom stereocenters. The minimum Gasteiger partial charge on any atom is -0.497 e. The van der Waals surface area contributed by atoms with Crippen molar-refractivity contribution in [1.29, 1.82) is 0 Å². The molecule has 8 heteroatoms. The molecule has 2 aromatic carbocycles. The van der Waals surface area contributed by atoms with E-state index in [2.05, 4.69) is 5.32 Å². The van der Waals surface area contributed by atoms with E-state index < -0.39 is 0 Å². The van der Waals surface area contributed by atoms with Crippen LogP contribution in [0.5, 0.6) is 11.5 Å². The lowest BCUT2D eigenvalue weighted by Gasteiger charge is -2.10. The number of rotatable bonds is 11. The van der Waals surface area contributed by atoms with Gasteiger partial charge in [-0.25, -0.2) is 0 Å². The molecule has 3 rings (SSSR count). The number of carbonyl (C=O) groups excluding carboxylic acids is 1. The second-order valence-corrected chi connectivity index (χ2v) is 7.12. The molecule has 1 heterocycles. The van der Waals surface area contributed by atoms with Gasteiger partial charge < -0.3 is 29.7 Å². The number of nitrogens with one attached hydrogen (secondary N) is 1. The van der Waals surface area contributed by atoms with Gasteiger partial charge in [0, 0.05) is 41.1 Å². The van der Waals surface area contributed by atoms with Crippen LogP contribution in [0.4, 0.5) is 5.69 Å². The maximum atomic E-state index is 10.4. The first-order chi connectivity index (χ1) is 15.5. The van der Waals surface area contributed by atoms with E-state index in [1.165, 1.54) is 0 Å². The van der Waals surface area contributed by atoms with Crippen molar-refractivity contribution < 1.29 is 23.4 Å². The minimum absolute atomic E-state index is 0.429. The number of anilines is 1. The lowest BCUT2D eigenvalue weighted by Crippen LogP contribution is -2.10. The Morgan fingerprint density at radius 3 is 2.41 bits per heavy atom. The summed E-state index contributed by atoms with van der Waals surface area (Å²) in [5, 5.41) is 3.30. The van der Waals surface area contributed by atoms with Crippen molar-refractivity contribution in [2.45, 2.75) is 13.3 Å². The molecule has 0 aliphatic carbocycles. The van der Waals surface area contributed by atoms with Gasteiger partial charge in [0.05, 0.1) is 13.7 Å². The highest BCUT2D eigenvalue weighted by atomic mass is 35.5. The largest absolute Gasteiger partial charge is 0.497 e. The predicted octanol–water partition coefficient (Wildman–Crippen LogP) is 4.92. The zero-order chi connectivity index (χ0) is 23.2. The number of halogens is 1. The smallest absolute Gasteiger partial charge is 0.211 e. The summed E-state index contributed by atoms with van der Waals surface area (Å²) in [4.78, 5) is 10.4. The van der Waals surface area contributed by atoms with Crippen LogP contribution in [-0.2, 0) is 9.53 Å². The van der Waals surface area contributed by atoms with Gasteiger partial charge in [-0.2, -0.15) is 0 Å². The molecule has 0 bridgehead atoms. The second kappa shape index (κ2) is 14.1. The molecule has 0 aliphatic heterocycles. The van der Waals surface area contributed by atoms with Crippen LogP contribution in [0.1, 0.15) is 12.2 Å². The quantitative estimate of drug-likeness (QED) is 0.311. The number of nitrogens with two attached hydrogens (primary N) is 1. The highest BCUT2D eigenvalue weighted by molar-refractivity contribution is 6.30. The topological polar surface area (TPSA) is 96.0 Å². The normalized spacial score (nSPS) is 10.1. The zero-order valence-electron chi connectivity index (χ0n) is 18.3. The molecule has 32 heavy (non-hydrogen) atoms. The fraction of sp³-hybridized carbons (Fsp3) is 0.292. The van der Waals surface area contributed by atoms with Crippen LogP contribution in [0.15, 0.2) is 59.0 Å². The molecule has 0 fully saturated rings. The number of aryl methyl sites for hydroxylation is 1. The Labute approximate surface area is 193 Å². The number of carbonyl (C=O) groups is 1. The van der Waals surface area contributed by atoms with E-state index in [4.69, 9.17) is 36.0 Å². The Balaban J connectivity index is 0.000000242. The first-order valence-electron chi connectivity index (χ1n) is 10.2. The summed E-state index contributed by atoms with van der Waals surface area (Å²) in [6.07, 6.45) is 1.45. The second-order valence-electron chi connectivity index (χ2n) is 6.68. The van der Waals surface area contributed by atoms with E-state index in [9.17, 15) is 4.79 Å². The molecular weight excluding hydrogens is 432 g/mol. The molecule has 172 valence electrons. The van der Waals surface area contributed by atoms with Crippen molar-refractivity contribution in [1.82, 2.24) is 0 Å². The highest BCUT2D eigenvalue weighted by Gasteiger charge is 2.03. The maximum absolute atomic E-state index is 10.4. The Hall–Kier alpha value is -3.00. The molecule has 3 aromatic rings. The number of furan rings is 1. The van der Waals surface area contributed by atoms with E-state index in [1.807, 2.05) is 43.3 Å². The molecule has 0 spiro atoms. The third-order valence-corrected chi connectivity index (χ3v) is 4.45. The van der Waals surface area contributed by atoms with Crippen LogP contribution in [0.2, 0.25) is 5.02 Å². The standard InChI is InChI=1S/C13H20N2O4.C11H9ClO/c1-17-12-7-11(15-10-16)8-13(9-12)19-6-5-18-4-2-3-14;1-8-2-7-11(13-8)9-3-5-10(12)6-4-9/h7-10H,2-6,14H2,1H3,(H,15,16);2-7H,1H3. The average Bonchev–Trinajstić information content (AvgIpc) is 3.23. The van der Waals surface area contributed by atoms with E-state index in [-0.39, 0.29) is 0 Å². The van der Waals surface area contributed by atoms with Gasteiger partial charge in [-0.1, -0.05) is 11.6 Å². The fourth-order valence-electron chi connectivity index (χ4n) is 2.63. The maximum Gasteiger partial charge on any atom is 0.211 e. The summed E-state index contributed by atoms with van der Waals surface area (Å²) >= 11 is 5.77.